The number of pyridine rings is 2. The van der Waals surface area contributed by atoms with Gasteiger partial charge in [0.1, 0.15) is 23.7 Å². The Balaban J connectivity index is 1.53. The van der Waals surface area contributed by atoms with Crippen LogP contribution in [0.1, 0.15) is 42.9 Å². The molecule has 0 bridgehead atoms. The second-order valence-corrected chi connectivity index (χ2v) is 11.3. The van der Waals surface area contributed by atoms with Crippen molar-refractivity contribution < 1.29 is 27.6 Å². The van der Waals surface area contributed by atoms with E-state index in [1.807, 2.05) is 6.07 Å². The molecule has 2 unspecified atom stereocenters. The van der Waals surface area contributed by atoms with Crippen LogP contribution < -0.4 is 15.1 Å². The molecule has 3 amide bonds. The lowest BCUT2D eigenvalue weighted by atomic mass is 9.87. The Labute approximate surface area is 260 Å². The van der Waals surface area contributed by atoms with Gasteiger partial charge in [-0.25, -0.2) is 18.2 Å². The zero-order valence-electron chi connectivity index (χ0n) is 23.5. The monoisotopic (exact) mass is 632 g/mol. The average Bonchev–Trinajstić information content (AvgIpc) is 3.40. The molecule has 228 valence electrons. The smallest absolute Gasteiger partial charge is 0.252 e. The van der Waals surface area contributed by atoms with E-state index in [0.29, 0.717) is 5.39 Å². The molecule has 1 saturated heterocycles. The number of aromatic nitrogens is 2. The van der Waals surface area contributed by atoms with Crippen LogP contribution in [0.25, 0.3) is 10.9 Å². The number of hydrogen-bond donors (Lipinski definition) is 1. The van der Waals surface area contributed by atoms with Crippen molar-refractivity contribution in [3.05, 3.63) is 95.0 Å². The minimum atomic E-state index is -2.94. The van der Waals surface area contributed by atoms with Gasteiger partial charge in [-0.3, -0.25) is 29.2 Å². The van der Waals surface area contributed by atoms with E-state index < -0.39 is 60.4 Å². The first-order valence-electron chi connectivity index (χ1n) is 14.0. The number of fused-ring (bicyclic) bond motifs is 1. The summed E-state index contributed by atoms with van der Waals surface area (Å²) in [4.78, 5) is 52.8. The molecule has 2 aromatic heterocycles. The molecule has 1 saturated carbocycles. The third-order valence-corrected chi connectivity index (χ3v) is 8.27. The van der Waals surface area contributed by atoms with Crippen molar-refractivity contribution in [3.63, 3.8) is 0 Å². The molecular formula is C32H24ClF3N6O3. The molecule has 4 aromatic rings. The Morgan fingerprint density at radius 3 is 2.60 bits per heavy atom. The molecular weight excluding hydrogens is 609 g/mol. The molecule has 6 rings (SSSR count). The van der Waals surface area contributed by atoms with E-state index in [4.69, 9.17) is 11.6 Å². The molecule has 45 heavy (non-hydrogen) atoms. The third kappa shape index (κ3) is 5.79. The number of nitrogens with one attached hydrogen (secondary N) is 1. The molecule has 1 aliphatic carbocycles. The van der Waals surface area contributed by atoms with E-state index in [2.05, 4.69) is 15.3 Å². The van der Waals surface area contributed by atoms with Gasteiger partial charge < -0.3 is 5.32 Å². The average molecular weight is 633 g/mol. The van der Waals surface area contributed by atoms with Gasteiger partial charge in [-0.15, -0.1) is 0 Å². The van der Waals surface area contributed by atoms with Crippen molar-refractivity contribution in [2.75, 3.05) is 9.80 Å². The Hall–Kier alpha value is -5.02. The first-order chi connectivity index (χ1) is 21.6. The standard InChI is InChI=1S/C32H24ClF3N6O3/c33-23-6-2-1-4-21(23)29(30(44)40-20-15-32(35,36)16-20)42(26-14-19(34)13-24-22(26)5-3-10-38-24)31(45)25-7-8-28(43)41(25)27-12-18(17-37)9-11-39-27/h1-6,9-14,20,25,29H,7-8,15-16H2,(H,40,44). The second kappa shape index (κ2) is 11.8. The van der Waals surface area contributed by atoms with Crippen LogP contribution in [-0.4, -0.2) is 45.7 Å². The Morgan fingerprint density at radius 2 is 1.87 bits per heavy atom. The van der Waals surface area contributed by atoms with Crippen LogP contribution >= 0.6 is 11.6 Å². The largest absolute Gasteiger partial charge is 0.351 e. The SMILES string of the molecule is N#Cc1ccnc(N2C(=O)CCC2C(=O)N(c2cc(F)cc3ncccc23)C(C(=O)NC2CC(F)(F)C2)c2ccccc2Cl)c1. The fraction of sp³-hybridized carbons (Fsp3) is 0.250. The van der Waals surface area contributed by atoms with Crippen LogP contribution in [0.4, 0.5) is 24.7 Å². The van der Waals surface area contributed by atoms with Gasteiger partial charge in [-0.05, 0) is 42.8 Å². The van der Waals surface area contributed by atoms with E-state index in [-0.39, 0.29) is 46.0 Å². The predicted octanol–water partition coefficient (Wildman–Crippen LogP) is 5.48. The van der Waals surface area contributed by atoms with Gasteiger partial charge in [0.15, 0.2) is 0 Å². The topological polar surface area (TPSA) is 119 Å². The number of carbonyl (C=O) groups is 3. The Morgan fingerprint density at radius 1 is 1.09 bits per heavy atom. The number of alkyl halides is 2. The van der Waals surface area contributed by atoms with Crippen molar-refractivity contribution in [1.29, 1.82) is 5.26 Å². The quantitative estimate of drug-likeness (QED) is 0.288. The molecule has 2 fully saturated rings. The summed E-state index contributed by atoms with van der Waals surface area (Å²) < 4.78 is 42.7. The molecule has 2 aromatic carbocycles. The van der Waals surface area contributed by atoms with Crippen LogP contribution in [0.3, 0.4) is 0 Å². The lowest BCUT2D eigenvalue weighted by Crippen LogP contribution is -2.56. The van der Waals surface area contributed by atoms with Gasteiger partial charge in [0.2, 0.25) is 11.8 Å². The van der Waals surface area contributed by atoms with Crippen LogP contribution in [0.5, 0.6) is 0 Å². The third-order valence-electron chi connectivity index (χ3n) is 7.92. The van der Waals surface area contributed by atoms with Gasteiger partial charge in [-0.1, -0.05) is 29.8 Å². The van der Waals surface area contributed by atoms with Gasteiger partial charge in [0.25, 0.3) is 11.8 Å². The van der Waals surface area contributed by atoms with Crippen LogP contribution in [0.2, 0.25) is 5.02 Å². The summed E-state index contributed by atoms with van der Waals surface area (Å²) in [5.41, 5.74) is 0.499. The molecule has 9 nitrogen and oxygen atoms in total. The normalized spacial score (nSPS) is 18.2. The summed E-state index contributed by atoms with van der Waals surface area (Å²) in [5, 5.41) is 12.4. The summed E-state index contributed by atoms with van der Waals surface area (Å²) in [7, 11) is 0. The molecule has 1 aliphatic heterocycles. The van der Waals surface area contributed by atoms with Crippen LogP contribution in [-0.2, 0) is 14.4 Å². The first-order valence-corrected chi connectivity index (χ1v) is 14.4. The van der Waals surface area contributed by atoms with E-state index in [1.165, 1.54) is 42.7 Å². The predicted molar refractivity (Wildman–Crippen MR) is 159 cm³/mol. The number of anilines is 2. The molecule has 1 N–H and O–H groups in total. The van der Waals surface area contributed by atoms with Crippen molar-refractivity contribution in [2.45, 2.75) is 49.7 Å². The van der Waals surface area contributed by atoms with E-state index in [1.54, 1.807) is 24.3 Å². The van der Waals surface area contributed by atoms with Crippen molar-refractivity contribution in [1.82, 2.24) is 15.3 Å². The summed E-state index contributed by atoms with van der Waals surface area (Å²) in [5.74, 6) is -5.69. The van der Waals surface area contributed by atoms with Crippen molar-refractivity contribution in [3.8, 4) is 6.07 Å². The number of amides is 3. The van der Waals surface area contributed by atoms with Gasteiger partial charge >= 0.3 is 0 Å². The number of rotatable bonds is 7. The molecule has 3 heterocycles. The minimum absolute atomic E-state index is 0.0177. The number of halogens is 4. The lowest BCUT2D eigenvalue weighted by molar-refractivity contribution is -0.133. The maximum absolute atomic E-state index is 15.2. The molecule has 13 heteroatoms. The summed E-state index contributed by atoms with van der Waals surface area (Å²) in [6.07, 6.45) is 1.58. The Bertz CT molecular complexity index is 1870. The van der Waals surface area contributed by atoms with Gasteiger partial charge in [0, 0.05) is 59.7 Å². The molecule has 2 atom stereocenters. The number of benzene rings is 2. The van der Waals surface area contributed by atoms with Crippen molar-refractivity contribution >= 4 is 51.7 Å². The highest BCUT2D eigenvalue weighted by Gasteiger charge is 2.49. The lowest BCUT2D eigenvalue weighted by Gasteiger charge is -2.39. The molecule has 0 spiro atoms. The highest BCUT2D eigenvalue weighted by molar-refractivity contribution is 6.32. The molecule has 2 aliphatic rings. The maximum atomic E-state index is 15.2. The highest BCUT2D eigenvalue weighted by Crippen LogP contribution is 2.41. The summed E-state index contributed by atoms with van der Waals surface area (Å²) in [6.45, 7) is 0. The number of carbonyl (C=O) groups excluding carboxylic acids is 3. The number of nitriles is 1. The first kappa shape index (κ1) is 30.0. The summed E-state index contributed by atoms with van der Waals surface area (Å²) in [6, 6.07) is 12.8. The highest BCUT2D eigenvalue weighted by atomic mass is 35.5. The van der Waals surface area contributed by atoms with E-state index >= 15 is 4.39 Å². The number of nitrogens with zero attached hydrogens (tertiary/aromatic N) is 5. The van der Waals surface area contributed by atoms with E-state index in [0.717, 1.165) is 15.9 Å². The van der Waals surface area contributed by atoms with Gasteiger partial charge in [-0.2, -0.15) is 5.26 Å². The molecule has 0 radical (unpaired) electrons. The minimum Gasteiger partial charge on any atom is -0.351 e. The zero-order chi connectivity index (χ0) is 31.9. The van der Waals surface area contributed by atoms with Crippen LogP contribution in [0, 0.1) is 17.1 Å². The Kier molecular flexibility index (Phi) is 7.88. The fourth-order valence-corrected chi connectivity index (χ4v) is 6.08. The van der Waals surface area contributed by atoms with Crippen molar-refractivity contribution in [2.24, 2.45) is 0 Å². The second-order valence-electron chi connectivity index (χ2n) is 10.9. The zero-order valence-corrected chi connectivity index (χ0v) is 24.2. The maximum Gasteiger partial charge on any atom is 0.252 e. The van der Waals surface area contributed by atoms with Gasteiger partial charge in [0.05, 0.1) is 22.8 Å². The van der Waals surface area contributed by atoms with E-state index in [9.17, 15) is 28.4 Å². The number of hydrogen-bond acceptors (Lipinski definition) is 6. The van der Waals surface area contributed by atoms with Crippen LogP contribution in [0.15, 0.2) is 73.1 Å². The summed E-state index contributed by atoms with van der Waals surface area (Å²) >= 11 is 6.59. The fourth-order valence-electron chi connectivity index (χ4n) is 5.84.